The minimum atomic E-state index is -1.36. The number of carbonyl (C=O) groups excluding carboxylic acids is 3. The van der Waals surface area contributed by atoms with Crippen LogP contribution in [0.4, 0.5) is 0 Å². The smallest absolute Gasteiger partial charge is 0.323 e. The van der Waals surface area contributed by atoms with Crippen LogP contribution in [0.5, 0.6) is 0 Å². The van der Waals surface area contributed by atoms with Crippen LogP contribution in [0.1, 0.15) is 19.8 Å². The van der Waals surface area contributed by atoms with Crippen LogP contribution in [0.3, 0.4) is 0 Å². The maximum atomic E-state index is 11.9. The van der Waals surface area contributed by atoms with Gasteiger partial charge in [0.25, 0.3) is 0 Å². The lowest BCUT2D eigenvalue weighted by atomic mass is 9.75. The summed E-state index contributed by atoms with van der Waals surface area (Å²) in [7, 11) is 2.46. The maximum absolute atomic E-state index is 11.9. The summed E-state index contributed by atoms with van der Waals surface area (Å²) in [6.07, 6.45) is 5.52. The Labute approximate surface area is 117 Å². The summed E-state index contributed by atoms with van der Waals surface area (Å²) in [5.41, 5.74) is -0.645. The molecular weight excluding hydrogens is 264 g/mol. The minimum Gasteiger partial charge on any atom is -0.468 e. The van der Waals surface area contributed by atoms with Crippen molar-refractivity contribution >= 4 is 17.9 Å². The predicted molar refractivity (Wildman–Crippen MR) is 69.6 cm³/mol. The van der Waals surface area contributed by atoms with Crippen molar-refractivity contribution in [3.63, 3.8) is 0 Å². The molecule has 6 nitrogen and oxygen atoms in total. The standard InChI is InChI=1S/C14H18O6/c1-10(15)20-8-6-11-5-4-7-14(9-11,12(16)18-2)13(17)19-3/h4-6H,7-9H2,1-3H3/b11-6-. The Kier molecular flexibility index (Phi) is 5.49. The third kappa shape index (κ3) is 3.46. The number of allylic oxidation sites excluding steroid dienone is 3. The first kappa shape index (κ1) is 15.9. The zero-order valence-corrected chi connectivity index (χ0v) is 11.8. The Hall–Kier alpha value is -2.11. The molecule has 110 valence electrons. The van der Waals surface area contributed by atoms with Crippen molar-refractivity contribution in [3.05, 3.63) is 23.8 Å². The molecule has 0 fully saturated rings. The van der Waals surface area contributed by atoms with Gasteiger partial charge in [-0.25, -0.2) is 0 Å². The van der Waals surface area contributed by atoms with E-state index in [2.05, 4.69) is 0 Å². The molecule has 0 aliphatic heterocycles. The molecule has 0 aromatic heterocycles. The van der Waals surface area contributed by atoms with E-state index >= 15 is 0 Å². The van der Waals surface area contributed by atoms with E-state index in [1.165, 1.54) is 21.1 Å². The van der Waals surface area contributed by atoms with Gasteiger partial charge in [-0.2, -0.15) is 0 Å². The molecule has 0 saturated heterocycles. The summed E-state index contributed by atoms with van der Waals surface area (Å²) in [4.78, 5) is 34.6. The molecule has 20 heavy (non-hydrogen) atoms. The van der Waals surface area contributed by atoms with Gasteiger partial charge >= 0.3 is 17.9 Å². The fraction of sp³-hybridized carbons (Fsp3) is 0.500. The first-order valence-electron chi connectivity index (χ1n) is 6.12. The molecule has 6 heteroatoms. The first-order valence-corrected chi connectivity index (χ1v) is 6.12. The van der Waals surface area contributed by atoms with E-state index in [4.69, 9.17) is 14.2 Å². The number of hydrogen-bond donors (Lipinski definition) is 0. The van der Waals surface area contributed by atoms with Gasteiger partial charge in [0.15, 0.2) is 5.41 Å². The fourth-order valence-electron chi connectivity index (χ4n) is 2.08. The highest BCUT2D eigenvalue weighted by Crippen LogP contribution is 2.37. The predicted octanol–water partition coefficient (Wildman–Crippen LogP) is 1.16. The SMILES string of the molecule is COC(=O)C1(C(=O)OC)CC=C/C(=C/COC(C)=O)C1. The van der Waals surface area contributed by atoms with Crippen LogP contribution in [0.25, 0.3) is 0 Å². The Morgan fingerprint density at radius 3 is 2.35 bits per heavy atom. The number of ether oxygens (including phenoxy) is 3. The summed E-state index contributed by atoms with van der Waals surface area (Å²) in [5, 5.41) is 0. The van der Waals surface area contributed by atoms with Crippen molar-refractivity contribution in [1.82, 2.24) is 0 Å². The zero-order chi connectivity index (χ0) is 15.2. The number of methoxy groups -OCH3 is 2. The van der Waals surface area contributed by atoms with Crippen molar-refractivity contribution in [2.75, 3.05) is 20.8 Å². The molecule has 1 rings (SSSR count). The van der Waals surface area contributed by atoms with Gasteiger partial charge in [-0.05, 0) is 24.5 Å². The molecule has 0 saturated carbocycles. The van der Waals surface area contributed by atoms with Gasteiger partial charge in [0.05, 0.1) is 14.2 Å². The fourth-order valence-corrected chi connectivity index (χ4v) is 2.08. The molecule has 0 radical (unpaired) electrons. The highest BCUT2D eigenvalue weighted by Gasteiger charge is 2.48. The molecule has 0 heterocycles. The third-order valence-corrected chi connectivity index (χ3v) is 3.09. The van der Waals surface area contributed by atoms with Gasteiger partial charge in [-0.15, -0.1) is 0 Å². The van der Waals surface area contributed by atoms with E-state index < -0.39 is 23.3 Å². The van der Waals surface area contributed by atoms with Gasteiger partial charge in [0, 0.05) is 6.92 Å². The normalized spacial score (nSPS) is 18.4. The van der Waals surface area contributed by atoms with E-state index in [0.29, 0.717) is 5.57 Å². The van der Waals surface area contributed by atoms with Gasteiger partial charge in [-0.3, -0.25) is 14.4 Å². The molecule has 0 unspecified atom stereocenters. The number of rotatable bonds is 4. The molecule has 0 atom stereocenters. The third-order valence-electron chi connectivity index (χ3n) is 3.09. The summed E-state index contributed by atoms with van der Waals surface area (Å²) in [5.74, 6) is -1.66. The molecule has 0 aromatic rings. The van der Waals surface area contributed by atoms with Crippen LogP contribution < -0.4 is 0 Å². The summed E-state index contributed by atoms with van der Waals surface area (Å²) in [6, 6.07) is 0. The summed E-state index contributed by atoms with van der Waals surface area (Å²) >= 11 is 0. The lowest BCUT2D eigenvalue weighted by Gasteiger charge is -2.30. The molecule has 0 N–H and O–H groups in total. The van der Waals surface area contributed by atoms with E-state index in [9.17, 15) is 14.4 Å². The Balaban J connectivity index is 2.94. The molecule has 1 aliphatic rings. The van der Waals surface area contributed by atoms with E-state index in [0.717, 1.165) is 0 Å². The second-order valence-corrected chi connectivity index (χ2v) is 4.43. The van der Waals surface area contributed by atoms with Crippen LogP contribution >= 0.6 is 0 Å². The minimum absolute atomic E-state index is 0.0907. The summed E-state index contributed by atoms with van der Waals surface area (Å²) < 4.78 is 14.2. The average molecular weight is 282 g/mol. The van der Waals surface area contributed by atoms with Gasteiger partial charge in [0.2, 0.25) is 0 Å². The highest BCUT2D eigenvalue weighted by atomic mass is 16.5. The largest absolute Gasteiger partial charge is 0.468 e. The van der Waals surface area contributed by atoms with Crippen LogP contribution in [0.2, 0.25) is 0 Å². The van der Waals surface area contributed by atoms with Gasteiger partial charge < -0.3 is 14.2 Å². The molecular formula is C14H18O6. The molecule has 1 aliphatic carbocycles. The quantitative estimate of drug-likeness (QED) is 0.437. The monoisotopic (exact) mass is 282 g/mol. The topological polar surface area (TPSA) is 78.9 Å². The van der Waals surface area contributed by atoms with Crippen molar-refractivity contribution in [2.24, 2.45) is 5.41 Å². The number of esters is 3. The van der Waals surface area contributed by atoms with Crippen LogP contribution in [-0.4, -0.2) is 38.7 Å². The summed E-state index contributed by atoms with van der Waals surface area (Å²) in [6.45, 7) is 1.40. The molecule has 0 amide bonds. The Morgan fingerprint density at radius 2 is 1.85 bits per heavy atom. The van der Waals surface area contributed by atoms with Crippen molar-refractivity contribution in [3.8, 4) is 0 Å². The lowest BCUT2D eigenvalue weighted by Crippen LogP contribution is -2.42. The molecule has 0 spiro atoms. The second kappa shape index (κ2) is 6.88. The van der Waals surface area contributed by atoms with Crippen molar-refractivity contribution in [1.29, 1.82) is 0 Å². The van der Waals surface area contributed by atoms with Gasteiger partial charge in [0.1, 0.15) is 6.61 Å². The number of carbonyl (C=O) groups is 3. The van der Waals surface area contributed by atoms with E-state index in [1.54, 1.807) is 18.2 Å². The van der Waals surface area contributed by atoms with Gasteiger partial charge in [-0.1, -0.05) is 12.2 Å². The lowest BCUT2D eigenvalue weighted by molar-refractivity contribution is -0.169. The van der Waals surface area contributed by atoms with Crippen LogP contribution in [0, 0.1) is 5.41 Å². The van der Waals surface area contributed by atoms with Crippen molar-refractivity contribution < 1.29 is 28.6 Å². The second-order valence-electron chi connectivity index (χ2n) is 4.43. The van der Waals surface area contributed by atoms with Crippen LogP contribution in [-0.2, 0) is 28.6 Å². The maximum Gasteiger partial charge on any atom is 0.323 e. The van der Waals surface area contributed by atoms with Crippen LogP contribution in [0.15, 0.2) is 23.8 Å². The van der Waals surface area contributed by atoms with E-state index in [1.807, 2.05) is 0 Å². The van der Waals surface area contributed by atoms with Crippen molar-refractivity contribution in [2.45, 2.75) is 19.8 Å². The average Bonchev–Trinajstić information content (AvgIpc) is 2.45. The Bertz CT molecular complexity index is 444. The molecule has 0 bridgehead atoms. The Morgan fingerprint density at radius 1 is 1.25 bits per heavy atom. The highest BCUT2D eigenvalue weighted by molar-refractivity contribution is 6.00. The van der Waals surface area contributed by atoms with E-state index in [-0.39, 0.29) is 19.4 Å². The first-order chi connectivity index (χ1) is 9.46. The number of hydrogen-bond acceptors (Lipinski definition) is 6. The zero-order valence-electron chi connectivity index (χ0n) is 11.8. The molecule has 0 aromatic carbocycles.